The monoisotopic (exact) mass is 913 g/mol. The Morgan fingerprint density at radius 1 is 0.264 bits per heavy atom. The molecule has 2 nitrogen and oxygen atoms in total. The van der Waals surface area contributed by atoms with Crippen LogP contribution in [0.25, 0.3) is 66.1 Å². The number of nitrogens with zero attached hydrogens (tertiary/aromatic N) is 1. The fraction of sp³-hybridized carbons (Fsp3) is 0.0286. The van der Waals surface area contributed by atoms with Crippen molar-refractivity contribution < 1.29 is 4.74 Å². The van der Waals surface area contributed by atoms with Crippen LogP contribution in [0.3, 0.4) is 0 Å². The second kappa shape index (κ2) is 14.6. The van der Waals surface area contributed by atoms with Crippen LogP contribution in [-0.4, -0.2) is 0 Å². The van der Waals surface area contributed by atoms with Gasteiger partial charge in [-0.1, -0.05) is 231 Å². The van der Waals surface area contributed by atoms with Crippen molar-refractivity contribution in [1.82, 2.24) is 0 Å². The summed E-state index contributed by atoms with van der Waals surface area (Å²) in [6.07, 6.45) is 0. The number of benzene rings is 12. The summed E-state index contributed by atoms with van der Waals surface area (Å²) >= 11 is 0. The van der Waals surface area contributed by atoms with Gasteiger partial charge in [0, 0.05) is 38.8 Å². The quantitative estimate of drug-likeness (QED) is 0.174. The SMILES string of the molecule is c1ccc(N(c2ccc3c(c2)C2(c4ccccc4-c4ccccc42)c2ccccc2-3)c2ccccc2-c2cccc3c2-c2ccccc2C32c3ccc4ccccc4c3Oc3c2ccc2ccccc32)cc1. The molecular formula is C70H43NO. The van der Waals surface area contributed by atoms with Gasteiger partial charge in [0.1, 0.15) is 11.5 Å². The normalized spacial score (nSPS) is 14.2. The third-order valence-corrected chi connectivity index (χ3v) is 16.5. The van der Waals surface area contributed by atoms with Gasteiger partial charge in [0.25, 0.3) is 0 Å². The van der Waals surface area contributed by atoms with Crippen molar-refractivity contribution in [1.29, 1.82) is 0 Å². The fourth-order valence-corrected chi connectivity index (χ4v) is 13.8. The number of ether oxygens (including phenoxy) is 1. The van der Waals surface area contributed by atoms with E-state index in [9.17, 15) is 0 Å². The number of rotatable bonds is 4. The van der Waals surface area contributed by atoms with Crippen LogP contribution in [0.15, 0.2) is 261 Å². The molecule has 1 aliphatic heterocycles. The molecule has 1 heterocycles. The largest absolute Gasteiger partial charge is 0.455 e. The lowest BCUT2D eigenvalue weighted by Gasteiger charge is -2.40. The van der Waals surface area contributed by atoms with E-state index in [2.05, 4.69) is 266 Å². The molecule has 334 valence electrons. The van der Waals surface area contributed by atoms with Crippen LogP contribution in [0, 0.1) is 0 Å². The minimum atomic E-state index is -0.663. The topological polar surface area (TPSA) is 12.5 Å². The molecule has 3 aliphatic carbocycles. The first-order valence-electron chi connectivity index (χ1n) is 25.1. The Morgan fingerprint density at radius 2 is 0.708 bits per heavy atom. The molecule has 72 heavy (non-hydrogen) atoms. The van der Waals surface area contributed by atoms with Crippen LogP contribution in [0.1, 0.15) is 44.5 Å². The Bertz CT molecular complexity index is 4130. The summed E-state index contributed by atoms with van der Waals surface area (Å²) in [5.74, 6) is 1.84. The molecule has 2 heteroatoms. The van der Waals surface area contributed by atoms with Gasteiger partial charge < -0.3 is 9.64 Å². The van der Waals surface area contributed by atoms with E-state index >= 15 is 0 Å². The lowest BCUT2D eigenvalue weighted by molar-refractivity contribution is 0.447. The minimum Gasteiger partial charge on any atom is -0.455 e. The van der Waals surface area contributed by atoms with Crippen LogP contribution < -0.4 is 9.64 Å². The van der Waals surface area contributed by atoms with E-state index in [4.69, 9.17) is 4.74 Å². The first-order chi connectivity index (χ1) is 35.7. The van der Waals surface area contributed by atoms with Crippen LogP contribution in [0.4, 0.5) is 17.1 Å². The van der Waals surface area contributed by atoms with Crippen molar-refractivity contribution in [2.75, 3.05) is 4.90 Å². The molecule has 0 unspecified atom stereocenters. The molecule has 0 radical (unpaired) electrons. The molecule has 2 spiro atoms. The van der Waals surface area contributed by atoms with Gasteiger partial charge in [0.05, 0.1) is 16.5 Å². The number of para-hydroxylation sites is 2. The van der Waals surface area contributed by atoms with Gasteiger partial charge in [-0.05, 0) is 113 Å². The number of fused-ring (bicyclic) bond motifs is 23. The predicted molar refractivity (Wildman–Crippen MR) is 295 cm³/mol. The van der Waals surface area contributed by atoms with Crippen molar-refractivity contribution in [2.45, 2.75) is 10.8 Å². The van der Waals surface area contributed by atoms with Crippen molar-refractivity contribution in [3.8, 4) is 56.0 Å². The van der Waals surface area contributed by atoms with Crippen molar-refractivity contribution in [3.05, 3.63) is 305 Å². The van der Waals surface area contributed by atoms with Crippen molar-refractivity contribution >= 4 is 38.6 Å². The molecule has 0 atom stereocenters. The zero-order valence-corrected chi connectivity index (χ0v) is 39.2. The fourth-order valence-electron chi connectivity index (χ4n) is 13.8. The highest BCUT2D eigenvalue weighted by Gasteiger charge is 2.54. The average Bonchev–Trinajstić information content (AvgIpc) is 4.04. The highest BCUT2D eigenvalue weighted by Crippen LogP contribution is 2.67. The minimum absolute atomic E-state index is 0.470. The maximum absolute atomic E-state index is 7.30. The highest BCUT2D eigenvalue weighted by atomic mass is 16.5. The third-order valence-electron chi connectivity index (χ3n) is 16.5. The summed E-state index contributed by atoms with van der Waals surface area (Å²) in [7, 11) is 0. The molecule has 0 amide bonds. The molecule has 16 rings (SSSR count). The lowest BCUT2D eigenvalue weighted by atomic mass is 9.65. The Kier molecular flexibility index (Phi) is 8.05. The molecular weight excluding hydrogens is 871 g/mol. The number of hydrogen-bond acceptors (Lipinski definition) is 2. The summed E-state index contributed by atoms with van der Waals surface area (Å²) in [6, 6.07) is 97.1. The number of hydrogen-bond donors (Lipinski definition) is 0. The third kappa shape index (κ3) is 4.98. The van der Waals surface area contributed by atoms with Gasteiger partial charge >= 0.3 is 0 Å². The summed E-state index contributed by atoms with van der Waals surface area (Å²) in [4.78, 5) is 2.49. The Labute approximate surface area is 418 Å². The van der Waals surface area contributed by atoms with Gasteiger partial charge in [-0.3, -0.25) is 0 Å². The Hall–Kier alpha value is -9.24. The smallest absolute Gasteiger partial charge is 0.140 e. The zero-order chi connectivity index (χ0) is 47.1. The van der Waals surface area contributed by atoms with E-state index in [-0.39, 0.29) is 0 Å². The molecule has 4 aliphatic rings. The summed E-state index contributed by atoms with van der Waals surface area (Å²) in [5.41, 5.74) is 22.4. The first-order valence-corrected chi connectivity index (χ1v) is 25.1. The molecule has 0 bridgehead atoms. The molecule has 12 aromatic carbocycles. The van der Waals surface area contributed by atoms with Crippen molar-refractivity contribution in [3.63, 3.8) is 0 Å². The first kappa shape index (κ1) is 39.6. The van der Waals surface area contributed by atoms with Crippen LogP contribution in [0.2, 0.25) is 0 Å². The lowest BCUT2D eigenvalue weighted by Crippen LogP contribution is -2.32. The van der Waals surface area contributed by atoms with Crippen LogP contribution in [-0.2, 0) is 10.8 Å². The standard InChI is InChI=1S/C70H43NO/c1-2-21-46(22-3-1)71(47-39-40-53-52-27-10-15-33-59(52)69(64(53)43-47)57-31-13-8-25-50(57)51-26-9-14-32-58(51)69)65-36-17-12-28-54(65)55-30-18-35-61-66(55)56-29-11-16-34-60(56)70(61)62-41-37-44-19-4-6-23-48(44)67(62)72-68-49-24-7-5-20-45(49)38-42-63(68)70/h1-43H. The summed E-state index contributed by atoms with van der Waals surface area (Å²) < 4.78 is 7.30. The van der Waals surface area contributed by atoms with Crippen LogP contribution >= 0.6 is 0 Å². The van der Waals surface area contributed by atoms with Crippen LogP contribution in [0.5, 0.6) is 11.5 Å². The van der Waals surface area contributed by atoms with Gasteiger partial charge in [-0.2, -0.15) is 0 Å². The summed E-state index contributed by atoms with van der Waals surface area (Å²) in [5, 5.41) is 4.55. The molecule has 0 N–H and O–H groups in total. The molecule has 0 aromatic heterocycles. The Morgan fingerprint density at radius 3 is 1.32 bits per heavy atom. The second-order valence-corrected chi connectivity index (χ2v) is 19.8. The van der Waals surface area contributed by atoms with E-state index < -0.39 is 10.8 Å². The van der Waals surface area contributed by atoms with E-state index in [0.717, 1.165) is 66.8 Å². The second-order valence-electron chi connectivity index (χ2n) is 19.8. The molecule has 0 saturated carbocycles. The summed E-state index contributed by atoms with van der Waals surface area (Å²) in [6.45, 7) is 0. The predicted octanol–water partition coefficient (Wildman–Crippen LogP) is 17.9. The van der Waals surface area contributed by atoms with E-state index in [1.165, 1.54) is 72.3 Å². The Balaban J connectivity index is 0.958. The maximum Gasteiger partial charge on any atom is 0.140 e. The average molecular weight is 914 g/mol. The molecule has 12 aromatic rings. The van der Waals surface area contributed by atoms with Crippen molar-refractivity contribution in [2.24, 2.45) is 0 Å². The number of anilines is 3. The van der Waals surface area contributed by atoms with E-state index in [0.29, 0.717) is 0 Å². The molecule has 0 fully saturated rings. The maximum atomic E-state index is 7.30. The van der Waals surface area contributed by atoms with Gasteiger partial charge in [0.2, 0.25) is 0 Å². The molecule has 0 saturated heterocycles. The highest BCUT2D eigenvalue weighted by molar-refractivity contribution is 6.05. The van der Waals surface area contributed by atoms with E-state index in [1.807, 2.05) is 0 Å². The zero-order valence-electron chi connectivity index (χ0n) is 39.2. The van der Waals surface area contributed by atoms with Gasteiger partial charge in [-0.25, -0.2) is 0 Å². The van der Waals surface area contributed by atoms with E-state index in [1.54, 1.807) is 0 Å². The van der Waals surface area contributed by atoms with Gasteiger partial charge in [-0.15, -0.1) is 0 Å². The van der Waals surface area contributed by atoms with Gasteiger partial charge in [0.15, 0.2) is 0 Å².